The number of hydrogen-bond donors (Lipinski definition) is 4. The summed E-state index contributed by atoms with van der Waals surface area (Å²) in [5, 5.41) is 0. The van der Waals surface area contributed by atoms with Crippen LogP contribution in [0.4, 0.5) is 0 Å². The second-order valence-electron chi connectivity index (χ2n) is 6.12. The summed E-state index contributed by atoms with van der Waals surface area (Å²) < 4.78 is 11.4. The minimum Gasteiger partial charge on any atom is -0.494 e. The van der Waals surface area contributed by atoms with Gasteiger partial charge in [0.25, 0.3) is 0 Å². The molecule has 0 unspecified atom stereocenters. The summed E-state index contributed by atoms with van der Waals surface area (Å²) in [7, 11) is 0. The average Bonchev–Trinajstić information content (AvgIpc) is 2.61. The Kier molecular flexibility index (Phi) is 7.69. The lowest BCUT2D eigenvalue weighted by Crippen LogP contribution is -2.76. The van der Waals surface area contributed by atoms with E-state index in [2.05, 4.69) is 11.5 Å². The summed E-state index contributed by atoms with van der Waals surface area (Å²) in [4.78, 5) is 0. The first-order chi connectivity index (χ1) is 12.1. The molecular formula is C19H30N4O2+2. The van der Waals surface area contributed by atoms with Gasteiger partial charge in [-0.25, -0.2) is 0 Å². The van der Waals surface area contributed by atoms with Crippen molar-refractivity contribution >= 4 is 0 Å². The molecule has 0 heterocycles. The molecule has 25 heavy (non-hydrogen) atoms. The molecule has 136 valence electrons. The van der Waals surface area contributed by atoms with E-state index in [4.69, 9.17) is 20.9 Å². The van der Waals surface area contributed by atoms with Crippen molar-refractivity contribution in [2.75, 3.05) is 13.2 Å². The van der Waals surface area contributed by atoms with Crippen LogP contribution in [0.3, 0.4) is 0 Å². The molecule has 0 bridgehead atoms. The van der Waals surface area contributed by atoms with Crippen molar-refractivity contribution in [3.63, 3.8) is 0 Å². The van der Waals surface area contributed by atoms with Crippen LogP contribution < -0.4 is 32.4 Å². The summed E-state index contributed by atoms with van der Waals surface area (Å²) in [6.07, 6.45) is 2.66. The first-order valence-electron chi connectivity index (χ1n) is 8.69. The van der Waals surface area contributed by atoms with Crippen LogP contribution in [-0.4, -0.2) is 13.2 Å². The third-order valence-electron chi connectivity index (χ3n) is 3.94. The molecule has 0 radical (unpaired) electrons. The number of nitrogens with two attached hydrogens (primary N) is 2. The molecule has 0 amide bonds. The lowest BCUT2D eigenvalue weighted by Gasteiger charge is -2.09. The fourth-order valence-electron chi connectivity index (χ4n) is 2.38. The first kappa shape index (κ1) is 19.2. The topological polar surface area (TPSA) is 126 Å². The van der Waals surface area contributed by atoms with E-state index in [0.717, 1.165) is 41.9 Å². The van der Waals surface area contributed by atoms with Crippen molar-refractivity contribution in [2.24, 2.45) is 11.5 Å². The standard InChI is InChI=1S/C19H28N4O2/c20-18(21)14-4-8-16(9-5-14)24-12-2-1-3-13-25-17-10-6-15(7-11-17)19(22)23/h4-11,18-19H,1-3,12-13,20-23H2/p+2. The van der Waals surface area contributed by atoms with Gasteiger partial charge in [-0.1, -0.05) is 12.1 Å². The highest BCUT2D eigenvalue weighted by Gasteiger charge is 2.05. The summed E-state index contributed by atoms with van der Waals surface area (Å²) in [5.41, 5.74) is 21.0. The van der Waals surface area contributed by atoms with Gasteiger partial charge < -0.3 is 32.4 Å². The largest absolute Gasteiger partial charge is 0.494 e. The third-order valence-corrected chi connectivity index (χ3v) is 3.94. The van der Waals surface area contributed by atoms with Gasteiger partial charge in [-0.15, -0.1) is 0 Å². The molecule has 0 fully saturated rings. The van der Waals surface area contributed by atoms with E-state index >= 15 is 0 Å². The third kappa shape index (κ3) is 6.72. The van der Waals surface area contributed by atoms with Gasteiger partial charge in [0.2, 0.25) is 6.17 Å². The van der Waals surface area contributed by atoms with E-state index in [0.29, 0.717) is 13.2 Å². The first-order valence-corrected chi connectivity index (χ1v) is 8.69. The zero-order chi connectivity index (χ0) is 18.1. The van der Waals surface area contributed by atoms with Gasteiger partial charge in [0.1, 0.15) is 11.5 Å². The molecular weight excluding hydrogens is 316 g/mol. The highest BCUT2D eigenvalue weighted by atomic mass is 16.5. The number of quaternary nitrogens is 2. The summed E-state index contributed by atoms with van der Waals surface area (Å²) in [6.45, 7) is 1.40. The second kappa shape index (κ2) is 10.0. The van der Waals surface area contributed by atoms with Crippen molar-refractivity contribution < 1.29 is 20.9 Å². The van der Waals surface area contributed by atoms with Gasteiger partial charge in [0.15, 0.2) is 0 Å². The normalized spacial score (nSPS) is 11.1. The maximum atomic E-state index is 5.74. The highest BCUT2D eigenvalue weighted by molar-refractivity contribution is 5.28. The summed E-state index contributed by atoms with van der Waals surface area (Å²) in [6, 6.07) is 15.5. The maximum Gasteiger partial charge on any atom is 0.233 e. The van der Waals surface area contributed by atoms with Crippen molar-refractivity contribution in [3.8, 4) is 11.5 Å². The molecule has 6 nitrogen and oxygen atoms in total. The van der Waals surface area contributed by atoms with Crippen LogP contribution in [-0.2, 0) is 0 Å². The zero-order valence-corrected chi connectivity index (χ0v) is 14.7. The van der Waals surface area contributed by atoms with E-state index in [-0.39, 0.29) is 6.17 Å². The van der Waals surface area contributed by atoms with Crippen LogP contribution in [0.25, 0.3) is 0 Å². The van der Waals surface area contributed by atoms with E-state index < -0.39 is 6.17 Å². The quantitative estimate of drug-likeness (QED) is 0.373. The molecule has 10 N–H and O–H groups in total. The smallest absolute Gasteiger partial charge is 0.233 e. The molecule has 0 aliphatic rings. The Bertz CT molecular complexity index is 557. The molecule has 2 rings (SSSR count). The van der Waals surface area contributed by atoms with Gasteiger partial charge in [0, 0.05) is 0 Å². The van der Waals surface area contributed by atoms with E-state index in [1.54, 1.807) is 0 Å². The number of benzene rings is 2. The maximum absolute atomic E-state index is 5.74. The molecule has 0 aromatic heterocycles. The minimum absolute atomic E-state index is 0.0530. The van der Waals surface area contributed by atoms with Crippen molar-refractivity contribution in [3.05, 3.63) is 59.7 Å². The van der Waals surface area contributed by atoms with Crippen molar-refractivity contribution in [2.45, 2.75) is 31.6 Å². The van der Waals surface area contributed by atoms with Crippen molar-refractivity contribution in [1.29, 1.82) is 0 Å². The monoisotopic (exact) mass is 346 g/mol. The molecule has 0 aliphatic carbocycles. The molecule has 0 saturated carbocycles. The highest BCUT2D eigenvalue weighted by Crippen LogP contribution is 2.15. The van der Waals surface area contributed by atoms with Crippen LogP contribution in [0, 0.1) is 0 Å². The second-order valence-corrected chi connectivity index (χ2v) is 6.12. The van der Waals surface area contributed by atoms with Crippen LogP contribution >= 0.6 is 0 Å². The Labute approximate surface area is 149 Å². The van der Waals surface area contributed by atoms with Crippen LogP contribution in [0.15, 0.2) is 48.5 Å². The van der Waals surface area contributed by atoms with Crippen LogP contribution in [0.2, 0.25) is 0 Å². The summed E-state index contributed by atoms with van der Waals surface area (Å²) in [5.74, 6) is 1.73. The molecule has 0 saturated heterocycles. The van der Waals surface area contributed by atoms with E-state index in [1.165, 1.54) is 0 Å². The van der Waals surface area contributed by atoms with Gasteiger partial charge >= 0.3 is 0 Å². The van der Waals surface area contributed by atoms with Crippen LogP contribution in [0.1, 0.15) is 42.7 Å². The Balaban J connectivity index is 1.56. The number of hydrogen-bond acceptors (Lipinski definition) is 4. The minimum atomic E-state index is -0.441. The fourth-order valence-corrected chi connectivity index (χ4v) is 2.38. The Hall–Kier alpha value is -2.12. The van der Waals surface area contributed by atoms with Gasteiger partial charge in [-0.05, 0) is 61.2 Å². The Morgan fingerprint density at radius 2 is 1.12 bits per heavy atom. The molecule has 0 aliphatic heterocycles. The molecule has 2 aromatic carbocycles. The number of rotatable bonds is 10. The van der Waals surface area contributed by atoms with Gasteiger partial charge in [-0.2, -0.15) is 0 Å². The lowest BCUT2D eigenvalue weighted by atomic mass is 10.2. The average molecular weight is 346 g/mol. The fraction of sp³-hybridized carbons (Fsp3) is 0.368. The molecule has 6 heteroatoms. The van der Waals surface area contributed by atoms with E-state index in [1.807, 2.05) is 48.5 Å². The van der Waals surface area contributed by atoms with Gasteiger partial charge in [-0.3, -0.25) is 0 Å². The zero-order valence-electron chi connectivity index (χ0n) is 14.7. The van der Waals surface area contributed by atoms with Crippen LogP contribution in [0.5, 0.6) is 11.5 Å². The lowest BCUT2D eigenvalue weighted by molar-refractivity contribution is -0.668. The van der Waals surface area contributed by atoms with Gasteiger partial charge in [0.05, 0.1) is 24.9 Å². The SMILES string of the molecule is NC(N)c1ccc(OCCCCCOc2ccc(C([NH3+])[NH3+])cc2)cc1. The number of unbranched alkanes of at least 4 members (excludes halogenated alkanes) is 2. The number of ether oxygens (including phenoxy) is 2. The molecule has 0 atom stereocenters. The summed E-state index contributed by atoms with van der Waals surface area (Å²) >= 11 is 0. The predicted molar refractivity (Wildman–Crippen MR) is 97.4 cm³/mol. The van der Waals surface area contributed by atoms with Crippen molar-refractivity contribution in [1.82, 2.24) is 0 Å². The molecule has 0 spiro atoms. The van der Waals surface area contributed by atoms with E-state index in [9.17, 15) is 0 Å². The predicted octanol–water partition coefficient (Wildman–Crippen LogP) is 0.713. The Morgan fingerprint density at radius 3 is 1.52 bits per heavy atom. The Morgan fingerprint density at radius 1 is 0.680 bits per heavy atom. The molecule has 2 aromatic rings.